The van der Waals surface area contributed by atoms with E-state index in [2.05, 4.69) is 19.9 Å². The summed E-state index contributed by atoms with van der Waals surface area (Å²) in [5, 5.41) is 26.0. The molecular weight excluding hydrogens is 953 g/mol. The van der Waals surface area contributed by atoms with E-state index in [0.717, 1.165) is 33.8 Å². The first-order chi connectivity index (χ1) is 32.9. The minimum Gasteiger partial charge on any atom is -0.545 e. The summed E-state index contributed by atoms with van der Waals surface area (Å²) in [6.07, 6.45) is 1.43. The number of thiophene rings is 2. The van der Waals surface area contributed by atoms with E-state index in [0.29, 0.717) is 44.4 Å². The number of carboxylic acids is 2. The Balaban J connectivity index is 0.000000224. The maximum atomic E-state index is 12.7. The molecule has 0 saturated carbocycles. The smallest absolute Gasteiger partial charge is 0.545 e. The van der Waals surface area contributed by atoms with Crippen molar-refractivity contribution in [3.8, 4) is 11.5 Å². The Morgan fingerprint density at radius 2 is 0.942 bits per heavy atom. The number of carboxylic acid groups (broad SMARTS) is 2. The second kappa shape index (κ2) is 24.8. The molecule has 0 bridgehead atoms. The number of rotatable bonds is 20. The largest absolute Gasteiger partial charge is 2.00 e. The molecule has 0 unspecified atom stereocenters. The van der Waals surface area contributed by atoms with Crippen LogP contribution in [0.4, 0.5) is 0 Å². The Morgan fingerprint density at radius 1 is 0.551 bits per heavy atom. The molecule has 4 heterocycles. The van der Waals surface area contributed by atoms with Crippen molar-refractivity contribution in [3.05, 3.63) is 185 Å². The van der Waals surface area contributed by atoms with Crippen LogP contribution in [0.15, 0.2) is 117 Å². The van der Waals surface area contributed by atoms with Gasteiger partial charge in [-0.15, -0.1) is 22.7 Å². The van der Waals surface area contributed by atoms with E-state index in [9.17, 15) is 39.0 Å². The Labute approximate surface area is 431 Å². The molecule has 0 radical (unpaired) electrons. The van der Waals surface area contributed by atoms with E-state index in [1.54, 1.807) is 49.2 Å². The second-order valence-corrected chi connectivity index (χ2v) is 16.9. The molecule has 0 aliphatic carbocycles. The van der Waals surface area contributed by atoms with E-state index >= 15 is 0 Å². The molecule has 8 aromatic rings. The van der Waals surface area contributed by atoms with Crippen molar-refractivity contribution in [3.63, 3.8) is 0 Å². The van der Waals surface area contributed by atoms with Crippen molar-refractivity contribution in [2.45, 2.75) is 52.1 Å². The fourth-order valence-electron chi connectivity index (χ4n) is 6.93. The summed E-state index contributed by atoms with van der Waals surface area (Å²) in [5.74, 6) is -1.42. The fraction of sp³-hybridized carbons (Fsp3) is 0.200. The third-order valence-electron chi connectivity index (χ3n) is 10.6. The van der Waals surface area contributed by atoms with Crippen LogP contribution in [0.5, 0.6) is 11.5 Å². The van der Waals surface area contributed by atoms with E-state index in [-0.39, 0.29) is 122 Å². The molecule has 0 amide bonds. The molecule has 0 saturated heterocycles. The Bertz CT molecular complexity index is 3000. The van der Waals surface area contributed by atoms with Gasteiger partial charge in [-0.25, -0.2) is 9.97 Å². The van der Waals surface area contributed by atoms with Crippen LogP contribution in [0.3, 0.4) is 0 Å². The van der Waals surface area contributed by atoms with Crippen LogP contribution < -0.4 is 30.8 Å². The standard InChI is InChI=1S/2C25H22N2O6S.Ca/c2*1-32-19-4-2-3-15(11-19)7-10-20(28)22-26-23(29)21-18(14-34-24(21)27-22)13-33-12-16-5-8-17(9-6-16)25(30)31;/h2*2-6,8-9,11,14H,7,10,12-13H2,1H3,(H,30,31)(H,26,27,29);/q;;+2/p-2. The average Bonchev–Trinajstić information content (AvgIpc) is 3.97. The minimum absolute atomic E-state index is 0. The summed E-state index contributed by atoms with van der Waals surface area (Å²) in [4.78, 5) is 87.3. The normalized spacial score (nSPS) is 10.8. The number of nitrogens with one attached hydrogen (secondary N) is 2. The average molecular weight is 995 g/mol. The number of H-pyrrole nitrogens is 2. The summed E-state index contributed by atoms with van der Waals surface area (Å²) in [6.45, 7) is 0.847. The monoisotopic (exact) mass is 994 g/mol. The molecule has 0 atom stereocenters. The third-order valence-corrected chi connectivity index (χ3v) is 12.4. The van der Waals surface area contributed by atoms with E-state index in [4.69, 9.17) is 18.9 Å². The van der Waals surface area contributed by atoms with E-state index in [1.165, 1.54) is 46.9 Å². The molecule has 0 aliphatic heterocycles. The minimum atomic E-state index is -1.23. The number of Topliss-reactive ketones (excluding diaryl/α,β-unsaturated/α-hetero) is 2. The number of carbonyl (C=O) groups excluding carboxylic acids is 4. The number of aromatic nitrogens is 4. The molecule has 8 rings (SSSR count). The number of ketones is 2. The third kappa shape index (κ3) is 13.9. The SMILES string of the molecule is COc1cccc(CCC(=O)c2nc3scc(COCc4ccc(C(=O)[O-])cc4)c3c(=O)[nH]2)c1.COc1cccc(CCC(=O)c2nc3scc(COCc4ccc(C(=O)[O-])cc4)c3c(=O)[nH]2)c1.[Ca+2]. The number of methoxy groups -OCH3 is 2. The van der Waals surface area contributed by atoms with Crippen LogP contribution in [0.25, 0.3) is 20.4 Å². The van der Waals surface area contributed by atoms with Crippen LogP contribution in [0.1, 0.15) is 88.2 Å². The van der Waals surface area contributed by atoms with Gasteiger partial charge in [-0.2, -0.15) is 0 Å². The zero-order valence-corrected chi connectivity index (χ0v) is 41.2. The van der Waals surface area contributed by atoms with Crippen LogP contribution in [-0.4, -0.2) is 95.4 Å². The molecule has 4 aromatic carbocycles. The summed E-state index contributed by atoms with van der Waals surface area (Å²) >= 11 is 2.56. The number of hydrogen-bond acceptors (Lipinski definition) is 16. The molecule has 0 spiro atoms. The van der Waals surface area contributed by atoms with Gasteiger partial charge in [-0.1, -0.05) is 72.8 Å². The molecule has 2 N–H and O–H groups in total. The summed E-state index contributed by atoms with van der Waals surface area (Å²) in [5.41, 5.74) is 4.28. The first kappa shape index (κ1) is 52.0. The Kier molecular flexibility index (Phi) is 18.7. The number of aromatic carboxylic acids is 2. The molecule has 0 fully saturated rings. The van der Waals surface area contributed by atoms with Crippen LogP contribution in [-0.2, 0) is 48.7 Å². The molecule has 69 heavy (non-hydrogen) atoms. The fourth-order valence-corrected chi connectivity index (χ4v) is 8.78. The van der Waals surface area contributed by atoms with Crippen molar-refractivity contribution in [2.24, 2.45) is 0 Å². The number of fused-ring (bicyclic) bond motifs is 2. The molecule has 0 aliphatic rings. The zero-order valence-electron chi connectivity index (χ0n) is 37.4. The predicted molar refractivity (Wildman–Crippen MR) is 256 cm³/mol. The Hall–Kier alpha value is -6.38. The summed E-state index contributed by atoms with van der Waals surface area (Å²) in [7, 11) is 3.18. The van der Waals surface area contributed by atoms with Crippen LogP contribution in [0, 0.1) is 0 Å². The van der Waals surface area contributed by atoms with Gasteiger partial charge in [-0.05, 0) is 81.2 Å². The Morgan fingerprint density at radius 3 is 1.30 bits per heavy atom. The summed E-state index contributed by atoms with van der Waals surface area (Å²) in [6, 6.07) is 27.4. The zero-order chi connectivity index (χ0) is 48.2. The van der Waals surface area contributed by atoms with Gasteiger partial charge in [0.05, 0.1) is 63.4 Å². The summed E-state index contributed by atoms with van der Waals surface area (Å²) < 4.78 is 21.8. The molecule has 19 heteroatoms. The van der Waals surface area contributed by atoms with Gasteiger partial charge >= 0.3 is 37.7 Å². The van der Waals surface area contributed by atoms with Gasteiger partial charge < -0.3 is 48.7 Å². The van der Waals surface area contributed by atoms with Crippen molar-refractivity contribution in [2.75, 3.05) is 14.2 Å². The quantitative estimate of drug-likeness (QED) is 0.0718. The second-order valence-electron chi connectivity index (χ2n) is 15.2. The first-order valence-electron chi connectivity index (χ1n) is 21.0. The molecule has 348 valence electrons. The number of nitrogens with zero attached hydrogens (tertiary/aromatic N) is 2. The van der Waals surface area contributed by atoms with E-state index in [1.807, 2.05) is 48.5 Å². The van der Waals surface area contributed by atoms with Gasteiger partial charge in [0.2, 0.25) is 0 Å². The van der Waals surface area contributed by atoms with Crippen molar-refractivity contribution < 1.29 is 48.3 Å². The number of ether oxygens (including phenoxy) is 4. The number of hydrogen-bond donors (Lipinski definition) is 2. The predicted octanol–water partition coefficient (Wildman–Crippen LogP) is 5.40. The number of aromatic amines is 2. The first-order valence-corrected chi connectivity index (χ1v) is 22.7. The molecular formula is C50H42CaN4O12S2. The number of benzene rings is 4. The van der Waals surface area contributed by atoms with Crippen molar-refractivity contribution >= 4 is 104 Å². The van der Waals surface area contributed by atoms with Crippen LogP contribution >= 0.6 is 22.7 Å². The van der Waals surface area contributed by atoms with Crippen molar-refractivity contribution in [1.82, 2.24) is 19.9 Å². The van der Waals surface area contributed by atoms with Gasteiger partial charge in [0.25, 0.3) is 11.1 Å². The topological polar surface area (TPSA) is 243 Å². The molecule has 16 nitrogen and oxygen atoms in total. The number of aryl methyl sites for hydroxylation is 2. The van der Waals surface area contributed by atoms with Crippen molar-refractivity contribution in [1.29, 1.82) is 0 Å². The van der Waals surface area contributed by atoms with Gasteiger partial charge in [-0.3, -0.25) is 19.2 Å². The van der Waals surface area contributed by atoms with Gasteiger partial charge in [0.1, 0.15) is 21.2 Å². The maximum absolute atomic E-state index is 12.7. The number of carbonyl (C=O) groups is 4. The van der Waals surface area contributed by atoms with Gasteiger partial charge in [0.15, 0.2) is 23.2 Å². The molecule has 4 aromatic heterocycles. The van der Waals surface area contributed by atoms with Crippen LogP contribution in [0.2, 0.25) is 0 Å². The maximum Gasteiger partial charge on any atom is 2.00 e. The van der Waals surface area contributed by atoms with Gasteiger partial charge in [0, 0.05) is 24.0 Å². The van der Waals surface area contributed by atoms with E-state index < -0.39 is 11.9 Å².